The minimum Gasteiger partial charge on any atom is -0.419 e. The van der Waals surface area contributed by atoms with Crippen LogP contribution in [0.15, 0.2) is 12.3 Å². The largest absolute Gasteiger partial charge is 0.419 e. The molecule has 0 spiro atoms. The van der Waals surface area contributed by atoms with E-state index in [1.54, 1.807) is 6.92 Å². The van der Waals surface area contributed by atoms with Gasteiger partial charge >= 0.3 is 5.97 Å². The molecule has 0 saturated heterocycles. The first kappa shape index (κ1) is 10.6. The highest BCUT2D eigenvalue weighted by Gasteiger charge is 2.24. The maximum atomic E-state index is 9.18. The summed E-state index contributed by atoms with van der Waals surface area (Å²) in [6.45, 7) is 1.55. The molecule has 6 heteroatoms. The Morgan fingerprint density at radius 1 is 1.50 bits per heavy atom. The minimum atomic E-state index is -2.25. The Labute approximate surface area is 81.1 Å². The maximum absolute atomic E-state index is 9.18. The van der Waals surface area contributed by atoms with Gasteiger partial charge in [-0.3, -0.25) is 0 Å². The molecule has 0 radical (unpaired) electrons. The molecule has 0 aromatic carbocycles. The highest BCUT2D eigenvalue weighted by atomic mass is 16.8. The van der Waals surface area contributed by atoms with Gasteiger partial charge in [0, 0.05) is 6.42 Å². The number of rotatable bonds is 3. The van der Waals surface area contributed by atoms with Gasteiger partial charge in [-0.05, 0) is 6.07 Å². The molecule has 0 aliphatic carbocycles. The smallest absolute Gasteiger partial charge is 0.322 e. The Kier molecular flexibility index (Phi) is 2.78. The molecular weight excluding hydrogens is 186 g/mol. The van der Waals surface area contributed by atoms with Gasteiger partial charge in [0.1, 0.15) is 0 Å². The zero-order valence-corrected chi connectivity index (χ0v) is 7.77. The predicted molar refractivity (Wildman–Crippen MR) is 51.1 cm³/mol. The van der Waals surface area contributed by atoms with Crippen LogP contribution >= 0.6 is 0 Å². The molecule has 0 aliphatic heterocycles. The molecule has 1 rings (SSSR count). The number of aromatic nitrogens is 1. The van der Waals surface area contributed by atoms with Crippen LogP contribution in [0.3, 0.4) is 0 Å². The van der Waals surface area contributed by atoms with Crippen LogP contribution in [0.1, 0.15) is 13.3 Å². The Morgan fingerprint density at radius 2 is 2.14 bits per heavy atom. The summed E-state index contributed by atoms with van der Waals surface area (Å²) in [7, 11) is 0. The zero-order chi connectivity index (χ0) is 10.8. The summed E-state index contributed by atoms with van der Waals surface area (Å²) in [5.41, 5.74) is 11.4. The van der Waals surface area contributed by atoms with Crippen molar-refractivity contribution in [2.45, 2.75) is 19.3 Å². The van der Waals surface area contributed by atoms with Crippen LogP contribution in [0.4, 0.5) is 11.4 Å². The van der Waals surface area contributed by atoms with E-state index in [1.165, 1.54) is 12.3 Å². The van der Waals surface area contributed by atoms with E-state index in [1.807, 2.05) is 0 Å². The van der Waals surface area contributed by atoms with Gasteiger partial charge in [0.05, 0.1) is 17.6 Å². The minimum absolute atomic E-state index is 0.00149. The van der Waals surface area contributed by atoms with E-state index >= 15 is 0 Å². The second kappa shape index (κ2) is 3.69. The molecule has 0 amide bonds. The van der Waals surface area contributed by atoms with E-state index < -0.39 is 5.97 Å². The van der Waals surface area contributed by atoms with Crippen LogP contribution in [-0.2, 0) is 0 Å². The van der Waals surface area contributed by atoms with Crippen LogP contribution < -0.4 is 16.2 Å². The van der Waals surface area contributed by atoms with E-state index in [0.29, 0.717) is 5.69 Å². The highest BCUT2D eigenvalue weighted by molar-refractivity contribution is 5.56. The van der Waals surface area contributed by atoms with Crippen molar-refractivity contribution in [3.05, 3.63) is 12.3 Å². The summed E-state index contributed by atoms with van der Waals surface area (Å²) >= 11 is 0. The van der Waals surface area contributed by atoms with Gasteiger partial charge in [-0.25, -0.2) is 4.98 Å². The number of aliphatic hydroxyl groups is 2. The quantitative estimate of drug-likeness (QED) is 0.496. The molecule has 0 bridgehead atoms. The van der Waals surface area contributed by atoms with Crippen molar-refractivity contribution in [1.29, 1.82) is 0 Å². The molecule has 1 aromatic heterocycles. The van der Waals surface area contributed by atoms with Gasteiger partial charge in [-0.2, -0.15) is 0 Å². The summed E-state index contributed by atoms with van der Waals surface area (Å²) in [6, 6.07) is 1.42. The third-order valence-corrected chi connectivity index (χ3v) is 1.62. The fourth-order valence-corrected chi connectivity index (χ4v) is 0.799. The van der Waals surface area contributed by atoms with Gasteiger partial charge < -0.3 is 26.4 Å². The fraction of sp³-hybridized carbons (Fsp3) is 0.375. The topological polar surface area (TPSA) is 115 Å². The molecule has 6 N–H and O–H groups in total. The van der Waals surface area contributed by atoms with Crippen molar-refractivity contribution in [2.24, 2.45) is 0 Å². The average molecular weight is 199 g/mol. The molecule has 0 unspecified atom stereocenters. The Hall–Kier alpha value is -1.53. The van der Waals surface area contributed by atoms with Crippen molar-refractivity contribution in [3.8, 4) is 5.88 Å². The van der Waals surface area contributed by atoms with E-state index in [2.05, 4.69) is 4.98 Å². The lowest BCUT2D eigenvalue weighted by Gasteiger charge is -2.20. The molecule has 6 nitrogen and oxygen atoms in total. The number of nitrogens with zero attached hydrogens (tertiary/aromatic N) is 1. The van der Waals surface area contributed by atoms with Gasteiger partial charge in [-0.1, -0.05) is 6.92 Å². The number of hydrogen-bond donors (Lipinski definition) is 4. The van der Waals surface area contributed by atoms with Crippen LogP contribution in [-0.4, -0.2) is 21.2 Å². The third-order valence-electron chi connectivity index (χ3n) is 1.62. The lowest BCUT2D eigenvalue weighted by molar-refractivity contribution is -0.294. The molecule has 0 aliphatic rings. The second-order valence-electron chi connectivity index (χ2n) is 2.86. The normalized spacial score (nSPS) is 11.4. The third kappa shape index (κ3) is 2.48. The summed E-state index contributed by atoms with van der Waals surface area (Å²) < 4.78 is 4.76. The first-order chi connectivity index (χ1) is 6.44. The highest BCUT2D eigenvalue weighted by Crippen LogP contribution is 2.23. The molecule has 0 atom stereocenters. The number of ether oxygens (including phenoxy) is 1. The lowest BCUT2D eigenvalue weighted by atomic mass is 10.3. The maximum Gasteiger partial charge on any atom is 0.322 e. The van der Waals surface area contributed by atoms with Gasteiger partial charge in [0.2, 0.25) is 5.88 Å². The van der Waals surface area contributed by atoms with E-state index in [-0.39, 0.29) is 18.0 Å². The standard InChI is InChI=1S/C8H13N3O3/c1-2-8(12,13)14-7-6(10)3-5(9)4-11-7/h3-4,12-13H,2,9-10H2,1H3. The zero-order valence-electron chi connectivity index (χ0n) is 7.77. The van der Waals surface area contributed by atoms with Crippen LogP contribution in [0.2, 0.25) is 0 Å². The van der Waals surface area contributed by atoms with Crippen molar-refractivity contribution in [2.75, 3.05) is 11.5 Å². The molecule has 78 valence electrons. The first-order valence-corrected chi connectivity index (χ1v) is 4.09. The summed E-state index contributed by atoms with van der Waals surface area (Å²) in [6.07, 6.45) is 1.32. The summed E-state index contributed by atoms with van der Waals surface area (Å²) in [5, 5.41) is 18.4. The number of pyridine rings is 1. The molecule has 1 heterocycles. The number of anilines is 2. The van der Waals surface area contributed by atoms with Crippen LogP contribution in [0, 0.1) is 0 Å². The molecular formula is C8H13N3O3. The Morgan fingerprint density at radius 3 is 2.64 bits per heavy atom. The Balaban J connectivity index is 2.87. The van der Waals surface area contributed by atoms with Crippen LogP contribution in [0.5, 0.6) is 5.88 Å². The molecule has 0 saturated carbocycles. The van der Waals surface area contributed by atoms with Crippen molar-refractivity contribution < 1.29 is 14.9 Å². The average Bonchev–Trinajstić information content (AvgIpc) is 2.10. The number of hydrogen-bond acceptors (Lipinski definition) is 6. The Bertz CT molecular complexity index is 328. The SMILES string of the molecule is CCC(O)(O)Oc1ncc(N)cc1N. The number of nitrogens with two attached hydrogens (primary N) is 2. The lowest BCUT2D eigenvalue weighted by Crippen LogP contribution is -2.34. The van der Waals surface area contributed by atoms with Crippen molar-refractivity contribution in [1.82, 2.24) is 4.98 Å². The van der Waals surface area contributed by atoms with Gasteiger partial charge in [-0.15, -0.1) is 0 Å². The summed E-state index contributed by atoms with van der Waals surface area (Å²) in [5.74, 6) is -2.30. The molecule has 1 aromatic rings. The summed E-state index contributed by atoms with van der Waals surface area (Å²) in [4.78, 5) is 3.72. The van der Waals surface area contributed by atoms with Crippen molar-refractivity contribution >= 4 is 11.4 Å². The molecule has 14 heavy (non-hydrogen) atoms. The molecule has 0 fully saturated rings. The predicted octanol–water partition coefficient (Wildman–Crippen LogP) is -0.327. The first-order valence-electron chi connectivity index (χ1n) is 4.09. The monoisotopic (exact) mass is 199 g/mol. The fourth-order valence-electron chi connectivity index (χ4n) is 0.799. The van der Waals surface area contributed by atoms with Gasteiger partial charge in [0.25, 0.3) is 0 Å². The van der Waals surface area contributed by atoms with E-state index in [4.69, 9.17) is 16.2 Å². The van der Waals surface area contributed by atoms with Crippen LogP contribution in [0.25, 0.3) is 0 Å². The van der Waals surface area contributed by atoms with Crippen molar-refractivity contribution in [3.63, 3.8) is 0 Å². The van der Waals surface area contributed by atoms with Gasteiger partial charge in [0.15, 0.2) is 0 Å². The van der Waals surface area contributed by atoms with E-state index in [9.17, 15) is 10.2 Å². The number of nitrogen functional groups attached to an aromatic ring is 2. The second-order valence-corrected chi connectivity index (χ2v) is 2.86. The van der Waals surface area contributed by atoms with E-state index in [0.717, 1.165) is 0 Å².